The largest absolute Gasteiger partial charge is 0.387 e. The Hall–Kier alpha value is -1.72. The maximum absolute atomic E-state index is 11.5. The van der Waals surface area contributed by atoms with Crippen molar-refractivity contribution in [2.24, 2.45) is 0 Å². The molecule has 1 aromatic heterocycles. The summed E-state index contributed by atoms with van der Waals surface area (Å²) in [5, 5.41) is 13.2. The summed E-state index contributed by atoms with van der Waals surface area (Å²) in [5.41, 5.74) is 1.01. The number of carbonyl (C=O) groups excluding carboxylic acids is 1. The molecule has 0 fully saturated rings. The van der Waals surface area contributed by atoms with Gasteiger partial charge in [0.1, 0.15) is 0 Å². The van der Waals surface area contributed by atoms with Crippen LogP contribution in [-0.4, -0.2) is 34.8 Å². The lowest BCUT2D eigenvalue weighted by Crippen LogP contribution is -2.44. The van der Waals surface area contributed by atoms with Crippen molar-refractivity contribution in [1.29, 1.82) is 0 Å². The summed E-state index contributed by atoms with van der Waals surface area (Å²) in [6.45, 7) is 4.40. The standard InChI is InChI=1S/C26H44N2O3/c1-3-4-5-6-7-8-9-10-11-12-13-14-15-16-26(30)25(28-23(2)29)22-31-21-24-17-19-27-20-18-24/h15-20,25-26,30H,3-14,21-22H2,1-2H3,(H,28,29)/b16-15+/t25-,26+/m0/s1. The first kappa shape index (κ1) is 27.3. The minimum absolute atomic E-state index is 0.171. The number of nitrogens with zero attached hydrogens (tertiary/aromatic N) is 1. The van der Waals surface area contributed by atoms with Crippen LogP contribution in [-0.2, 0) is 16.1 Å². The SMILES string of the molecule is CCCCCCCCCCCCC/C=C/[C@@H](O)[C@H](COCc1ccncc1)NC(C)=O. The number of hydrogen-bond donors (Lipinski definition) is 2. The minimum Gasteiger partial charge on any atom is -0.387 e. The highest BCUT2D eigenvalue weighted by Crippen LogP contribution is 2.12. The van der Waals surface area contributed by atoms with Crippen molar-refractivity contribution in [2.45, 2.75) is 110 Å². The lowest BCUT2D eigenvalue weighted by atomic mass is 10.0. The monoisotopic (exact) mass is 432 g/mol. The predicted molar refractivity (Wildman–Crippen MR) is 128 cm³/mol. The van der Waals surface area contributed by atoms with Gasteiger partial charge in [-0.3, -0.25) is 9.78 Å². The number of aromatic nitrogens is 1. The number of rotatable bonds is 19. The van der Waals surface area contributed by atoms with Crippen LogP contribution < -0.4 is 5.32 Å². The van der Waals surface area contributed by atoms with Crippen molar-refractivity contribution >= 4 is 5.91 Å². The average Bonchev–Trinajstić information content (AvgIpc) is 2.76. The Morgan fingerprint density at radius 2 is 1.61 bits per heavy atom. The third-order valence-corrected chi connectivity index (χ3v) is 5.42. The van der Waals surface area contributed by atoms with Crippen LogP contribution in [0.3, 0.4) is 0 Å². The van der Waals surface area contributed by atoms with Crippen molar-refractivity contribution in [3.63, 3.8) is 0 Å². The van der Waals surface area contributed by atoms with Crippen LogP contribution in [0.25, 0.3) is 0 Å². The zero-order valence-corrected chi connectivity index (χ0v) is 19.7. The number of ether oxygens (including phenoxy) is 1. The van der Waals surface area contributed by atoms with E-state index in [2.05, 4.69) is 17.2 Å². The van der Waals surface area contributed by atoms with Crippen molar-refractivity contribution in [3.8, 4) is 0 Å². The molecule has 0 bridgehead atoms. The van der Waals surface area contributed by atoms with Crippen LogP contribution in [0.2, 0.25) is 0 Å². The van der Waals surface area contributed by atoms with Gasteiger partial charge in [-0.2, -0.15) is 0 Å². The third kappa shape index (κ3) is 15.7. The average molecular weight is 433 g/mol. The van der Waals surface area contributed by atoms with E-state index in [9.17, 15) is 9.90 Å². The Kier molecular flexibility index (Phi) is 16.7. The van der Waals surface area contributed by atoms with E-state index >= 15 is 0 Å². The number of pyridine rings is 1. The number of unbranched alkanes of at least 4 members (excludes halogenated alkanes) is 11. The van der Waals surface area contributed by atoms with Crippen LogP contribution in [0.4, 0.5) is 0 Å². The zero-order chi connectivity index (χ0) is 22.6. The minimum atomic E-state index is -0.756. The molecule has 0 unspecified atom stereocenters. The van der Waals surface area contributed by atoms with E-state index in [0.717, 1.165) is 18.4 Å². The fourth-order valence-corrected chi connectivity index (χ4v) is 3.57. The van der Waals surface area contributed by atoms with Crippen LogP contribution in [0.1, 0.15) is 96.5 Å². The number of amides is 1. The van der Waals surface area contributed by atoms with Gasteiger partial charge in [-0.05, 0) is 30.5 Å². The molecule has 5 nitrogen and oxygen atoms in total. The molecule has 0 saturated heterocycles. The molecule has 0 aliphatic rings. The van der Waals surface area contributed by atoms with Crippen molar-refractivity contribution in [2.75, 3.05) is 6.61 Å². The van der Waals surface area contributed by atoms with E-state index < -0.39 is 12.1 Å². The van der Waals surface area contributed by atoms with Crippen molar-refractivity contribution in [1.82, 2.24) is 10.3 Å². The number of aliphatic hydroxyl groups is 1. The predicted octanol–water partition coefficient (Wildman–Crippen LogP) is 5.72. The fourth-order valence-electron chi connectivity index (χ4n) is 3.57. The maximum atomic E-state index is 11.5. The van der Waals surface area contributed by atoms with E-state index in [1.54, 1.807) is 18.5 Å². The summed E-state index contributed by atoms with van der Waals surface area (Å²) in [6, 6.07) is 3.32. The molecule has 1 heterocycles. The van der Waals surface area contributed by atoms with Gasteiger partial charge in [-0.25, -0.2) is 0 Å². The molecule has 0 aliphatic heterocycles. The molecule has 176 valence electrons. The Labute approximate surface area is 189 Å². The molecule has 0 spiro atoms. The topological polar surface area (TPSA) is 71.5 Å². The molecule has 0 saturated carbocycles. The molecule has 1 aromatic rings. The van der Waals surface area contributed by atoms with E-state index in [1.165, 1.54) is 71.1 Å². The summed E-state index contributed by atoms with van der Waals surface area (Å²) in [5.74, 6) is -0.171. The normalized spacial score (nSPS) is 13.4. The maximum Gasteiger partial charge on any atom is 0.217 e. The second-order valence-electron chi connectivity index (χ2n) is 8.42. The van der Waals surface area contributed by atoms with Crippen LogP contribution in [0.5, 0.6) is 0 Å². The Morgan fingerprint density at radius 3 is 2.19 bits per heavy atom. The zero-order valence-electron chi connectivity index (χ0n) is 19.7. The molecule has 1 amide bonds. The molecule has 5 heteroatoms. The molecule has 1 rings (SSSR count). The highest BCUT2D eigenvalue weighted by molar-refractivity contribution is 5.73. The van der Waals surface area contributed by atoms with E-state index in [0.29, 0.717) is 6.61 Å². The summed E-state index contributed by atoms with van der Waals surface area (Å²) < 4.78 is 5.69. The van der Waals surface area contributed by atoms with Gasteiger partial charge in [0.25, 0.3) is 0 Å². The molecule has 2 atom stereocenters. The second kappa shape index (κ2) is 19.0. The summed E-state index contributed by atoms with van der Waals surface area (Å²) in [4.78, 5) is 15.5. The molecule has 0 radical (unpaired) electrons. The van der Waals surface area contributed by atoms with Crippen molar-refractivity contribution < 1.29 is 14.6 Å². The second-order valence-corrected chi connectivity index (χ2v) is 8.42. The smallest absolute Gasteiger partial charge is 0.217 e. The third-order valence-electron chi connectivity index (χ3n) is 5.42. The fraction of sp³-hybridized carbons (Fsp3) is 0.692. The van der Waals surface area contributed by atoms with Gasteiger partial charge in [-0.15, -0.1) is 0 Å². The van der Waals surface area contributed by atoms with E-state index in [-0.39, 0.29) is 12.5 Å². The first-order chi connectivity index (χ1) is 15.1. The van der Waals surface area contributed by atoms with E-state index in [4.69, 9.17) is 4.74 Å². The summed E-state index contributed by atoms with van der Waals surface area (Å²) in [6.07, 6.45) is 22.1. The Balaban J connectivity index is 2.13. The molecular formula is C26H44N2O3. The van der Waals surface area contributed by atoms with Gasteiger partial charge < -0.3 is 15.2 Å². The highest BCUT2D eigenvalue weighted by atomic mass is 16.5. The molecule has 31 heavy (non-hydrogen) atoms. The lowest BCUT2D eigenvalue weighted by molar-refractivity contribution is -0.121. The van der Waals surface area contributed by atoms with Gasteiger partial charge in [0.15, 0.2) is 0 Å². The van der Waals surface area contributed by atoms with Gasteiger partial charge in [0.2, 0.25) is 5.91 Å². The van der Waals surface area contributed by atoms with Crippen LogP contribution >= 0.6 is 0 Å². The summed E-state index contributed by atoms with van der Waals surface area (Å²) in [7, 11) is 0. The van der Waals surface area contributed by atoms with E-state index in [1.807, 2.05) is 18.2 Å². The number of hydrogen-bond acceptors (Lipinski definition) is 4. The number of allylic oxidation sites excluding steroid dienone is 1. The molecule has 0 aliphatic carbocycles. The molecule has 2 N–H and O–H groups in total. The lowest BCUT2D eigenvalue weighted by Gasteiger charge is -2.21. The quantitative estimate of drug-likeness (QED) is 0.217. The first-order valence-corrected chi connectivity index (χ1v) is 12.2. The first-order valence-electron chi connectivity index (χ1n) is 12.2. The number of nitrogens with one attached hydrogen (secondary N) is 1. The van der Waals surface area contributed by atoms with Crippen LogP contribution in [0.15, 0.2) is 36.7 Å². The molecular weight excluding hydrogens is 388 g/mol. The molecule has 0 aromatic carbocycles. The highest BCUT2D eigenvalue weighted by Gasteiger charge is 2.18. The Bertz CT molecular complexity index is 577. The Morgan fingerprint density at radius 1 is 1.03 bits per heavy atom. The van der Waals surface area contributed by atoms with Gasteiger partial charge in [0, 0.05) is 19.3 Å². The van der Waals surface area contributed by atoms with Crippen LogP contribution in [0, 0.1) is 0 Å². The number of carbonyl (C=O) groups is 1. The van der Waals surface area contributed by atoms with Gasteiger partial charge >= 0.3 is 0 Å². The van der Waals surface area contributed by atoms with Gasteiger partial charge in [-0.1, -0.05) is 83.3 Å². The van der Waals surface area contributed by atoms with Crippen molar-refractivity contribution in [3.05, 3.63) is 42.2 Å². The van der Waals surface area contributed by atoms with Gasteiger partial charge in [0.05, 0.1) is 25.4 Å². The summed E-state index contributed by atoms with van der Waals surface area (Å²) >= 11 is 0. The number of aliphatic hydroxyl groups excluding tert-OH is 1.